The summed E-state index contributed by atoms with van der Waals surface area (Å²) in [6.45, 7) is -0.0756. The lowest BCUT2D eigenvalue weighted by atomic mass is 10.0. The van der Waals surface area contributed by atoms with E-state index >= 15 is 0 Å². The van der Waals surface area contributed by atoms with Crippen molar-refractivity contribution in [2.45, 2.75) is 12.7 Å². The average molecular weight is 472 g/mol. The molecule has 8 nitrogen and oxygen atoms in total. The molecular formula is C21H13ClF3N7O. The van der Waals surface area contributed by atoms with Crippen LogP contribution in [0.4, 0.5) is 19.1 Å². The molecule has 4 rings (SSSR count). The number of rotatable bonds is 4. The quantitative estimate of drug-likeness (QED) is 0.465. The lowest BCUT2D eigenvalue weighted by Crippen LogP contribution is -2.11. The van der Waals surface area contributed by atoms with Gasteiger partial charge in [0.05, 0.1) is 41.0 Å². The SMILES string of the molecule is N#Cc1cc(C(N)=O)cc(-c2nc(N)nc3c2cnn3Cc2cc(Cl)cc(C(F)(F)F)c2)c1. The summed E-state index contributed by atoms with van der Waals surface area (Å²) in [4.78, 5) is 20.0. The molecule has 0 fully saturated rings. The predicted octanol–water partition coefficient (Wildman–Crippen LogP) is 3.77. The number of hydrogen-bond donors (Lipinski definition) is 2. The highest BCUT2D eigenvalue weighted by Gasteiger charge is 2.31. The van der Waals surface area contributed by atoms with Gasteiger partial charge in [0.2, 0.25) is 11.9 Å². The van der Waals surface area contributed by atoms with E-state index in [2.05, 4.69) is 15.1 Å². The number of anilines is 1. The van der Waals surface area contributed by atoms with Crippen LogP contribution in [0.3, 0.4) is 0 Å². The first kappa shape index (κ1) is 22.0. The van der Waals surface area contributed by atoms with Crippen LogP contribution in [0.5, 0.6) is 0 Å². The normalized spacial score (nSPS) is 11.5. The number of fused-ring (bicyclic) bond motifs is 1. The van der Waals surface area contributed by atoms with Crippen LogP contribution in [-0.2, 0) is 12.7 Å². The summed E-state index contributed by atoms with van der Waals surface area (Å²) < 4.78 is 40.8. The third-order valence-corrected chi connectivity index (χ3v) is 4.97. The molecule has 0 saturated heterocycles. The number of carbonyl (C=O) groups is 1. The van der Waals surface area contributed by atoms with Crippen molar-refractivity contribution in [1.82, 2.24) is 19.7 Å². The van der Waals surface area contributed by atoms with Crippen molar-refractivity contribution in [3.63, 3.8) is 0 Å². The largest absolute Gasteiger partial charge is 0.416 e. The van der Waals surface area contributed by atoms with Crippen LogP contribution < -0.4 is 11.5 Å². The predicted molar refractivity (Wildman–Crippen MR) is 114 cm³/mol. The Labute approximate surface area is 189 Å². The highest BCUT2D eigenvalue weighted by atomic mass is 35.5. The number of nitriles is 1. The third-order valence-electron chi connectivity index (χ3n) is 4.75. The Balaban J connectivity index is 1.84. The van der Waals surface area contributed by atoms with Crippen molar-refractivity contribution in [2.24, 2.45) is 5.73 Å². The number of alkyl halides is 3. The molecule has 2 aromatic carbocycles. The Morgan fingerprint density at radius 1 is 1.15 bits per heavy atom. The molecule has 0 saturated carbocycles. The van der Waals surface area contributed by atoms with Crippen LogP contribution >= 0.6 is 11.6 Å². The number of carbonyl (C=O) groups excluding carboxylic acids is 1. The molecule has 0 radical (unpaired) electrons. The van der Waals surface area contributed by atoms with E-state index in [-0.39, 0.29) is 45.5 Å². The second kappa shape index (κ2) is 8.07. The lowest BCUT2D eigenvalue weighted by molar-refractivity contribution is -0.137. The van der Waals surface area contributed by atoms with E-state index in [4.69, 9.17) is 23.1 Å². The first-order valence-electron chi connectivity index (χ1n) is 9.26. The molecule has 1 amide bonds. The van der Waals surface area contributed by atoms with Crippen molar-refractivity contribution < 1.29 is 18.0 Å². The van der Waals surface area contributed by atoms with Gasteiger partial charge in [-0.2, -0.15) is 28.5 Å². The van der Waals surface area contributed by atoms with Gasteiger partial charge < -0.3 is 11.5 Å². The average Bonchev–Trinajstić information content (AvgIpc) is 3.14. The number of halogens is 4. The van der Waals surface area contributed by atoms with Gasteiger partial charge in [0.25, 0.3) is 0 Å². The zero-order chi connectivity index (χ0) is 23.9. The molecule has 0 unspecified atom stereocenters. The van der Waals surface area contributed by atoms with Gasteiger partial charge in [-0.25, -0.2) is 9.67 Å². The van der Waals surface area contributed by atoms with Crippen molar-refractivity contribution in [3.8, 4) is 17.3 Å². The number of amides is 1. The number of hydrogen-bond acceptors (Lipinski definition) is 6. The van der Waals surface area contributed by atoms with E-state index in [9.17, 15) is 23.2 Å². The van der Waals surface area contributed by atoms with Gasteiger partial charge in [0, 0.05) is 16.1 Å². The fourth-order valence-corrected chi connectivity index (χ4v) is 3.62. The molecule has 166 valence electrons. The second-order valence-corrected chi connectivity index (χ2v) is 7.53. The molecule has 12 heteroatoms. The number of aromatic nitrogens is 4. The van der Waals surface area contributed by atoms with Gasteiger partial charge >= 0.3 is 6.18 Å². The van der Waals surface area contributed by atoms with Crippen LogP contribution in [0.15, 0.2) is 42.6 Å². The zero-order valence-corrected chi connectivity index (χ0v) is 17.3. The minimum Gasteiger partial charge on any atom is -0.368 e. The van der Waals surface area contributed by atoms with Crippen LogP contribution in [-0.4, -0.2) is 25.7 Å². The number of nitrogens with zero attached hydrogens (tertiary/aromatic N) is 5. The highest BCUT2D eigenvalue weighted by Crippen LogP contribution is 2.33. The van der Waals surface area contributed by atoms with Gasteiger partial charge in [-0.1, -0.05) is 11.6 Å². The summed E-state index contributed by atoms with van der Waals surface area (Å²) in [5.41, 5.74) is 11.8. The molecule has 4 aromatic rings. The van der Waals surface area contributed by atoms with E-state index in [1.54, 1.807) is 0 Å². The van der Waals surface area contributed by atoms with Crippen LogP contribution in [0.2, 0.25) is 5.02 Å². The zero-order valence-electron chi connectivity index (χ0n) is 16.6. The van der Waals surface area contributed by atoms with E-state index < -0.39 is 17.6 Å². The number of benzene rings is 2. The second-order valence-electron chi connectivity index (χ2n) is 7.09. The van der Waals surface area contributed by atoms with Crippen LogP contribution in [0.1, 0.15) is 27.0 Å². The van der Waals surface area contributed by atoms with Crippen molar-refractivity contribution in [3.05, 3.63) is 69.9 Å². The minimum absolute atomic E-state index is 0.0709. The molecule has 2 aromatic heterocycles. The maximum Gasteiger partial charge on any atom is 0.416 e. The smallest absolute Gasteiger partial charge is 0.368 e. The fraction of sp³-hybridized carbons (Fsp3) is 0.0952. The first-order chi connectivity index (χ1) is 15.5. The molecule has 4 N–H and O–H groups in total. The molecule has 33 heavy (non-hydrogen) atoms. The number of primary amides is 1. The molecule has 2 heterocycles. The van der Waals surface area contributed by atoms with Gasteiger partial charge in [-0.15, -0.1) is 0 Å². The van der Waals surface area contributed by atoms with Crippen LogP contribution in [0.25, 0.3) is 22.3 Å². The van der Waals surface area contributed by atoms with Gasteiger partial charge in [0.1, 0.15) is 0 Å². The molecule has 0 bridgehead atoms. The monoisotopic (exact) mass is 471 g/mol. The Bertz CT molecular complexity index is 1460. The van der Waals surface area contributed by atoms with Crippen LogP contribution in [0, 0.1) is 11.3 Å². The summed E-state index contributed by atoms with van der Waals surface area (Å²) in [5, 5.41) is 13.8. The van der Waals surface area contributed by atoms with Gasteiger partial charge in [-0.3, -0.25) is 4.79 Å². The maximum absolute atomic E-state index is 13.2. The summed E-state index contributed by atoms with van der Waals surface area (Å²) in [7, 11) is 0. The molecule has 0 aliphatic carbocycles. The fourth-order valence-electron chi connectivity index (χ4n) is 3.36. The summed E-state index contributed by atoms with van der Waals surface area (Å²) >= 11 is 5.87. The van der Waals surface area contributed by atoms with Gasteiger partial charge in [0.15, 0.2) is 5.65 Å². The van der Waals surface area contributed by atoms with E-state index in [1.165, 1.54) is 35.1 Å². The molecule has 0 spiro atoms. The van der Waals surface area contributed by atoms with Crippen molar-refractivity contribution in [2.75, 3.05) is 5.73 Å². The Morgan fingerprint density at radius 2 is 1.91 bits per heavy atom. The highest BCUT2D eigenvalue weighted by molar-refractivity contribution is 6.30. The summed E-state index contributed by atoms with van der Waals surface area (Å²) in [6, 6.07) is 9.44. The summed E-state index contributed by atoms with van der Waals surface area (Å²) in [5.74, 6) is -0.868. The van der Waals surface area contributed by atoms with Gasteiger partial charge in [-0.05, 0) is 42.0 Å². The number of nitrogens with two attached hydrogens (primary N) is 2. The van der Waals surface area contributed by atoms with E-state index in [0.29, 0.717) is 10.9 Å². The van der Waals surface area contributed by atoms with Crippen molar-refractivity contribution >= 4 is 34.5 Å². The molecule has 0 aliphatic rings. The topological polar surface area (TPSA) is 136 Å². The lowest BCUT2D eigenvalue weighted by Gasteiger charge is -2.11. The van der Waals surface area contributed by atoms with Crippen molar-refractivity contribution in [1.29, 1.82) is 5.26 Å². The number of nitrogen functional groups attached to an aromatic ring is 1. The standard InChI is InChI=1S/C21H13ClF3N7O/c22-15-4-11(3-14(6-15)21(23,24)25)9-32-19-16(8-29-32)17(30-20(28)31-19)12-1-10(7-26)2-13(5-12)18(27)33/h1-6,8H,9H2,(H2,27,33)(H2,28,30,31). The Hall–Kier alpha value is -4.17. The summed E-state index contributed by atoms with van der Waals surface area (Å²) in [6.07, 6.45) is -3.14. The van der Waals surface area contributed by atoms with E-state index in [0.717, 1.165) is 12.1 Å². The maximum atomic E-state index is 13.2. The Kier molecular flexibility index (Phi) is 5.39. The van der Waals surface area contributed by atoms with E-state index in [1.807, 2.05) is 6.07 Å². The molecule has 0 atom stereocenters. The third kappa shape index (κ3) is 4.42. The molecular weight excluding hydrogens is 459 g/mol. The Morgan fingerprint density at radius 3 is 2.58 bits per heavy atom. The minimum atomic E-state index is -4.56. The molecule has 0 aliphatic heterocycles. The first-order valence-corrected chi connectivity index (χ1v) is 9.64.